The van der Waals surface area contributed by atoms with E-state index < -0.39 is 34.9 Å². The highest BCUT2D eigenvalue weighted by molar-refractivity contribution is 6.30. The van der Waals surface area contributed by atoms with Crippen LogP contribution in [0, 0.1) is 11.6 Å². The van der Waals surface area contributed by atoms with Gasteiger partial charge >= 0.3 is 0 Å². The zero-order valence-electron chi connectivity index (χ0n) is 15.1. The summed E-state index contributed by atoms with van der Waals surface area (Å²) in [7, 11) is 0. The van der Waals surface area contributed by atoms with Gasteiger partial charge in [-0.25, -0.2) is 8.78 Å². The van der Waals surface area contributed by atoms with E-state index in [1.54, 1.807) is 24.3 Å². The van der Waals surface area contributed by atoms with Gasteiger partial charge < -0.3 is 14.9 Å². The Morgan fingerprint density at radius 3 is 2.38 bits per heavy atom. The molecule has 4 atom stereocenters. The first-order valence-corrected chi connectivity index (χ1v) is 9.65. The maximum absolute atomic E-state index is 14.9. The summed E-state index contributed by atoms with van der Waals surface area (Å²) in [5, 5.41) is 23.3. The van der Waals surface area contributed by atoms with Gasteiger partial charge in [-0.1, -0.05) is 54.1 Å². The van der Waals surface area contributed by atoms with Crippen LogP contribution in [0.2, 0.25) is 5.02 Å². The van der Waals surface area contributed by atoms with E-state index in [0.29, 0.717) is 16.7 Å². The summed E-state index contributed by atoms with van der Waals surface area (Å²) in [6.45, 7) is 0. The molecule has 0 saturated heterocycles. The molecule has 0 spiro atoms. The summed E-state index contributed by atoms with van der Waals surface area (Å²) >= 11 is 6.05. The fraction of sp³-hybridized carbons (Fsp3) is 0.217. The Bertz CT molecular complexity index is 1090. The Hall–Kier alpha value is -2.47. The largest absolute Gasteiger partial charge is 0.478 e. The highest BCUT2D eigenvalue weighted by Crippen LogP contribution is 2.67. The van der Waals surface area contributed by atoms with E-state index in [0.717, 1.165) is 11.6 Å². The Morgan fingerprint density at radius 1 is 1.00 bits per heavy atom. The Labute approximate surface area is 171 Å². The molecule has 0 bridgehead atoms. The van der Waals surface area contributed by atoms with Gasteiger partial charge in [-0.15, -0.1) is 0 Å². The molecule has 1 heterocycles. The Kier molecular flexibility index (Phi) is 4.01. The molecule has 3 aromatic rings. The molecule has 0 aromatic heterocycles. The first-order valence-electron chi connectivity index (χ1n) is 9.28. The number of hydrogen-bond acceptors (Lipinski definition) is 3. The number of benzene rings is 3. The van der Waals surface area contributed by atoms with Crippen molar-refractivity contribution >= 4 is 11.6 Å². The standard InChI is InChI=1S/C23H17ClF2O3/c24-15-8-6-14(7-9-15)23-17(13-4-2-1-3-5-13)12-20(27)22(23,28)21-18(26)10-16(25)11-19(21)29-23/h1-11,17,20,27-28H,12H2/t17-,20+,22+,23-/m0/s1. The van der Waals surface area contributed by atoms with Gasteiger partial charge in [0.15, 0.2) is 11.2 Å². The van der Waals surface area contributed by atoms with E-state index in [9.17, 15) is 19.0 Å². The molecular formula is C23H17ClF2O3. The third-order valence-electron chi connectivity index (χ3n) is 6.14. The van der Waals surface area contributed by atoms with Crippen molar-refractivity contribution in [1.82, 2.24) is 0 Å². The SMILES string of the molecule is O[C@@H]1C[C@@H](c2ccccc2)[C@]2(c3ccc(Cl)cc3)Oc3cc(F)cc(F)c3[C@]12O. The molecule has 1 aliphatic heterocycles. The van der Waals surface area contributed by atoms with Crippen LogP contribution in [0.25, 0.3) is 0 Å². The molecule has 1 saturated carbocycles. The second kappa shape index (κ2) is 6.26. The van der Waals surface area contributed by atoms with E-state index in [1.807, 2.05) is 30.3 Å². The lowest BCUT2D eigenvalue weighted by molar-refractivity contribution is -0.150. The van der Waals surface area contributed by atoms with E-state index in [1.165, 1.54) is 0 Å². The molecule has 6 heteroatoms. The van der Waals surface area contributed by atoms with Crippen LogP contribution in [-0.2, 0) is 11.2 Å². The van der Waals surface area contributed by atoms with Gasteiger partial charge in [0.05, 0.1) is 11.7 Å². The molecule has 2 N–H and O–H groups in total. The zero-order valence-corrected chi connectivity index (χ0v) is 15.9. The third kappa shape index (κ3) is 2.35. The highest BCUT2D eigenvalue weighted by Gasteiger charge is 2.73. The molecule has 3 nitrogen and oxygen atoms in total. The lowest BCUT2D eigenvalue weighted by atomic mass is 9.71. The van der Waals surface area contributed by atoms with Crippen LogP contribution in [-0.4, -0.2) is 16.3 Å². The minimum atomic E-state index is -2.10. The fourth-order valence-corrected chi connectivity index (χ4v) is 5.11. The number of rotatable bonds is 2. The number of aliphatic hydroxyl groups is 2. The monoisotopic (exact) mass is 414 g/mol. The normalized spacial score (nSPS) is 30.0. The van der Waals surface area contributed by atoms with Gasteiger partial charge in [0.1, 0.15) is 17.4 Å². The summed E-state index contributed by atoms with van der Waals surface area (Å²) in [6, 6.07) is 17.7. The summed E-state index contributed by atoms with van der Waals surface area (Å²) in [6.07, 6.45) is -1.19. The van der Waals surface area contributed by atoms with Crippen LogP contribution in [0.15, 0.2) is 66.7 Å². The van der Waals surface area contributed by atoms with E-state index in [2.05, 4.69) is 0 Å². The van der Waals surface area contributed by atoms with Crippen molar-refractivity contribution in [1.29, 1.82) is 0 Å². The predicted molar refractivity (Wildman–Crippen MR) is 104 cm³/mol. The zero-order chi connectivity index (χ0) is 20.4. The van der Waals surface area contributed by atoms with Crippen molar-refractivity contribution in [2.24, 2.45) is 0 Å². The highest BCUT2D eigenvalue weighted by atomic mass is 35.5. The maximum Gasteiger partial charge on any atom is 0.176 e. The summed E-state index contributed by atoms with van der Waals surface area (Å²) in [4.78, 5) is 0. The van der Waals surface area contributed by atoms with Crippen molar-refractivity contribution in [2.75, 3.05) is 0 Å². The van der Waals surface area contributed by atoms with Crippen LogP contribution in [0.3, 0.4) is 0 Å². The van der Waals surface area contributed by atoms with Gasteiger partial charge in [0, 0.05) is 23.1 Å². The molecule has 1 fully saturated rings. The Balaban J connectivity index is 1.83. The maximum atomic E-state index is 14.9. The number of fused-ring (bicyclic) bond motifs is 3. The molecule has 148 valence electrons. The van der Waals surface area contributed by atoms with Gasteiger partial charge in [0.25, 0.3) is 0 Å². The van der Waals surface area contributed by atoms with Gasteiger partial charge in [-0.2, -0.15) is 0 Å². The van der Waals surface area contributed by atoms with Crippen LogP contribution in [0.5, 0.6) is 5.75 Å². The minimum absolute atomic E-state index is 0.111. The second-order valence-corrected chi connectivity index (χ2v) is 8.02. The topological polar surface area (TPSA) is 49.7 Å². The van der Waals surface area contributed by atoms with Crippen molar-refractivity contribution in [3.63, 3.8) is 0 Å². The quantitative estimate of drug-likeness (QED) is 0.642. The molecule has 2 aliphatic rings. The molecule has 0 unspecified atom stereocenters. The second-order valence-electron chi connectivity index (χ2n) is 7.59. The lowest BCUT2D eigenvalue weighted by Crippen LogP contribution is -2.52. The first kappa shape index (κ1) is 18.6. The van der Waals surface area contributed by atoms with Crippen molar-refractivity contribution in [3.8, 4) is 5.75 Å². The molecule has 0 amide bonds. The van der Waals surface area contributed by atoms with Crippen molar-refractivity contribution in [2.45, 2.75) is 29.6 Å². The number of aliphatic hydroxyl groups excluding tert-OH is 1. The molecule has 29 heavy (non-hydrogen) atoms. The predicted octanol–water partition coefficient (Wildman–Crippen LogP) is 4.64. The summed E-state index contributed by atoms with van der Waals surface area (Å²) < 4.78 is 35.0. The third-order valence-corrected chi connectivity index (χ3v) is 6.40. The molecule has 3 aromatic carbocycles. The summed E-state index contributed by atoms with van der Waals surface area (Å²) in [5.74, 6) is -2.40. The molecule has 0 radical (unpaired) electrons. The van der Waals surface area contributed by atoms with Crippen LogP contribution < -0.4 is 4.74 Å². The number of ether oxygens (including phenoxy) is 1. The summed E-state index contributed by atoms with van der Waals surface area (Å²) in [5.41, 5.74) is -2.54. The van der Waals surface area contributed by atoms with Gasteiger partial charge in [-0.3, -0.25) is 0 Å². The Morgan fingerprint density at radius 2 is 1.69 bits per heavy atom. The molecule has 1 aliphatic carbocycles. The van der Waals surface area contributed by atoms with Crippen LogP contribution >= 0.6 is 11.6 Å². The van der Waals surface area contributed by atoms with Crippen LogP contribution in [0.4, 0.5) is 8.78 Å². The number of hydrogen-bond donors (Lipinski definition) is 2. The van der Waals surface area contributed by atoms with Gasteiger partial charge in [-0.05, 0) is 29.7 Å². The average molecular weight is 415 g/mol. The molecular weight excluding hydrogens is 398 g/mol. The van der Waals surface area contributed by atoms with E-state index in [-0.39, 0.29) is 17.7 Å². The van der Waals surface area contributed by atoms with Crippen LogP contribution in [0.1, 0.15) is 29.0 Å². The molecule has 5 rings (SSSR count). The average Bonchev–Trinajstić information content (AvgIpc) is 3.09. The van der Waals surface area contributed by atoms with Crippen molar-refractivity contribution in [3.05, 3.63) is 100 Å². The van der Waals surface area contributed by atoms with Gasteiger partial charge in [0.2, 0.25) is 0 Å². The lowest BCUT2D eigenvalue weighted by Gasteiger charge is -2.40. The van der Waals surface area contributed by atoms with E-state index in [4.69, 9.17) is 16.3 Å². The number of halogens is 3. The van der Waals surface area contributed by atoms with Crippen molar-refractivity contribution < 1.29 is 23.7 Å². The smallest absolute Gasteiger partial charge is 0.176 e. The van der Waals surface area contributed by atoms with E-state index >= 15 is 0 Å². The first-order chi connectivity index (χ1) is 13.9. The fourth-order valence-electron chi connectivity index (χ4n) is 4.98. The minimum Gasteiger partial charge on any atom is -0.478 e.